The molecule has 4 heteroatoms. The Bertz CT molecular complexity index is 345. The van der Waals surface area contributed by atoms with Crippen LogP contribution in [0.2, 0.25) is 0 Å². The highest BCUT2D eigenvalue weighted by Gasteiger charge is 2.08. The van der Waals surface area contributed by atoms with E-state index >= 15 is 0 Å². The Morgan fingerprint density at radius 1 is 1.31 bits per heavy atom. The average Bonchev–Trinajstić information content (AvgIpc) is 2.18. The fraction of sp³-hybridized carbons (Fsp3) is 0.583. The molecule has 0 saturated carbocycles. The minimum atomic E-state index is -0.230. The van der Waals surface area contributed by atoms with E-state index in [4.69, 9.17) is 5.11 Å². The van der Waals surface area contributed by atoms with Gasteiger partial charge in [-0.05, 0) is 32.9 Å². The van der Waals surface area contributed by atoms with Crippen molar-refractivity contribution in [3.63, 3.8) is 0 Å². The summed E-state index contributed by atoms with van der Waals surface area (Å²) >= 11 is 0. The quantitative estimate of drug-likeness (QED) is 0.719. The molecule has 0 saturated heterocycles. The number of hydrogen-bond acceptors (Lipinski definition) is 4. The molecule has 90 valence electrons. The van der Waals surface area contributed by atoms with E-state index in [1.54, 1.807) is 12.1 Å². The van der Waals surface area contributed by atoms with Gasteiger partial charge in [-0.3, -0.25) is 4.98 Å². The molecule has 0 radical (unpaired) electrons. The van der Waals surface area contributed by atoms with Gasteiger partial charge in [0.25, 0.3) is 0 Å². The molecule has 0 aliphatic heterocycles. The van der Waals surface area contributed by atoms with Crippen LogP contribution in [0.5, 0.6) is 5.75 Å². The summed E-state index contributed by atoms with van der Waals surface area (Å²) in [4.78, 5) is 4.17. The van der Waals surface area contributed by atoms with Gasteiger partial charge < -0.3 is 15.5 Å². The van der Waals surface area contributed by atoms with Crippen LogP contribution in [0.3, 0.4) is 0 Å². The fourth-order valence-corrected chi connectivity index (χ4v) is 1.36. The summed E-state index contributed by atoms with van der Waals surface area (Å²) in [7, 11) is 0. The van der Waals surface area contributed by atoms with Gasteiger partial charge in [-0.1, -0.05) is 0 Å². The van der Waals surface area contributed by atoms with Gasteiger partial charge in [0.05, 0.1) is 6.61 Å². The molecular weight excluding hydrogens is 204 g/mol. The van der Waals surface area contributed by atoms with Crippen molar-refractivity contribution in [2.75, 3.05) is 6.54 Å². The second kappa shape index (κ2) is 5.27. The summed E-state index contributed by atoms with van der Waals surface area (Å²) in [6.07, 6.45) is 0.782. The van der Waals surface area contributed by atoms with E-state index in [1.807, 2.05) is 0 Å². The lowest BCUT2D eigenvalue weighted by molar-refractivity contribution is 0.269. The highest BCUT2D eigenvalue weighted by molar-refractivity contribution is 5.27. The number of aliphatic hydroxyl groups excluding tert-OH is 1. The third-order valence-corrected chi connectivity index (χ3v) is 2.19. The summed E-state index contributed by atoms with van der Waals surface area (Å²) in [5.74, 6) is 0.0510. The van der Waals surface area contributed by atoms with Crippen molar-refractivity contribution in [2.45, 2.75) is 39.3 Å². The van der Waals surface area contributed by atoms with Crippen molar-refractivity contribution >= 4 is 0 Å². The van der Waals surface area contributed by atoms with Gasteiger partial charge in [-0.15, -0.1) is 0 Å². The topological polar surface area (TPSA) is 65.4 Å². The molecule has 0 aliphatic carbocycles. The molecule has 0 unspecified atom stereocenters. The van der Waals surface area contributed by atoms with E-state index in [2.05, 4.69) is 31.1 Å². The minimum absolute atomic E-state index is 0.0510. The standard InChI is InChI=1S/C12H20N2O2/c1-12(2,3)13-7-6-9-4-5-11(16)10(8-15)14-9/h4-5,13,15-16H,6-8H2,1-3H3. The van der Waals surface area contributed by atoms with Crippen LogP contribution >= 0.6 is 0 Å². The third kappa shape index (κ3) is 4.16. The maximum Gasteiger partial charge on any atom is 0.139 e. The van der Waals surface area contributed by atoms with Crippen LogP contribution in [0, 0.1) is 0 Å². The molecular formula is C12H20N2O2. The third-order valence-electron chi connectivity index (χ3n) is 2.19. The average molecular weight is 224 g/mol. The summed E-state index contributed by atoms with van der Waals surface area (Å²) < 4.78 is 0. The summed E-state index contributed by atoms with van der Waals surface area (Å²) in [5.41, 5.74) is 1.31. The number of pyridine rings is 1. The Morgan fingerprint density at radius 2 is 2.00 bits per heavy atom. The highest BCUT2D eigenvalue weighted by atomic mass is 16.3. The minimum Gasteiger partial charge on any atom is -0.506 e. The van der Waals surface area contributed by atoms with Crippen molar-refractivity contribution in [2.24, 2.45) is 0 Å². The van der Waals surface area contributed by atoms with Crippen molar-refractivity contribution in [3.8, 4) is 5.75 Å². The Hall–Kier alpha value is -1.13. The number of aromatic hydroxyl groups is 1. The highest BCUT2D eigenvalue weighted by Crippen LogP contribution is 2.14. The van der Waals surface area contributed by atoms with Gasteiger partial charge in [0, 0.05) is 24.2 Å². The Morgan fingerprint density at radius 3 is 2.56 bits per heavy atom. The molecule has 4 nitrogen and oxygen atoms in total. The van der Waals surface area contributed by atoms with Crippen molar-refractivity contribution < 1.29 is 10.2 Å². The normalized spacial score (nSPS) is 11.8. The molecule has 1 aromatic rings. The molecule has 0 bridgehead atoms. The van der Waals surface area contributed by atoms with Gasteiger partial charge in [0.15, 0.2) is 0 Å². The van der Waals surface area contributed by atoms with E-state index in [0.29, 0.717) is 5.69 Å². The molecule has 3 N–H and O–H groups in total. The van der Waals surface area contributed by atoms with Crippen molar-refractivity contribution in [3.05, 3.63) is 23.5 Å². The zero-order chi connectivity index (χ0) is 12.2. The van der Waals surface area contributed by atoms with Crippen LogP contribution in [0.4, 0.5) is 0 Å². The monoisotopic (exact) mass is 224 g/mol. The summed E-state index contributed by atoms with van der Waals surface area (Å²) in [5, 5.41) is 21.7. The molecule has 1 heterocycles. The van der Waals surface area contributed by atoms with Gasteiger partial charge in [0.1, 0.15) is 11.4 Å². The lowest BCUT2D eigenvalue weighted by atomic mass is 10.1. The predicted octanol–water partition coefficient (Wildman–Crippen LogP) is 1.21. The fourth-order valence-electron chi connectivity index (χ4n) is 1.36. The van der Waals surface area contributed by atoms with Gasteiger partial charge >= 0.3 is 0 Å². The van der Waals surface area contributed by atoms with Crippen molar-refractivity contribution in [1.29, 1.82) is 0 Å². The van der Waals surface area contributed by atoms with Crippen LogP contribution in [0.25, 0.3) is 0 Å². The Kier molecular flexibility index (Phi) is 4.26. The Labute approximate surface area is 96.3 Å². The second-order valence-electron chi connectivity index (χ2n) is 4.85. The first-order chi connectivity index (χ1) is 7.42. The predicted molar refractivity (Wildman–Crippen MR) is 63.3 cm³/mol. The molecule has 0 spiro atoms. The lowest BCUT2D eigenvalue weighted by Gasteiger charge is -2.20. The van der Waals surface area contributed by atoms with Gasteiger partial charge in [0.2, 0.25) is 0 Å². The maximum atomic E-state index is 9.35. The largest absolute Gasteiger partial charge is 0.506 e. The van der Waals surface area contributed by atoms with Crippen LogP contribution in [0.1, 0.15) is 32.2 Å². The van der Waals surface area contributed by atoms with Crippen LogP contribution < -0.4 is 5.32 Å². The molecule has 0 amide bonds. The van der Waals surface area contributed by atoms with Crippen LogP contribution in [0.15, 0.2) is 12.1 Å². The van der Waals surface area contributed by atoms with E-state index in [1.165, 1.54) is 0 Å². The van der Waals surface area contributed by atoms with Crippen LogP contribution in [-0.2, 0) is 13.0 Å². The first-order valence-corrected chi connectivity index (χ1v) is 5.46. The van der Waals surface area contributed by atoms with E-state index in [-0.39, 0.29) is 17.9 Å². The molecule has 0 aromatic carbocycles. The molecule has 0 atom stereocenters. The molecule has 0 fully saturated rings. The lowest BCUT2D eigenvalue weighted by Crippen LogP contribution is -2.37. The molecule has 16 heavy (non-hydrogen) atoms. The number of nitrogens with one attached hydrogen (secondary N) is 1. The van der Waals surface area contributed by atoms with Crippen LogP contribution in [-0.4, -0.2) is 27.3 Å². The first-order valence-electron chi connectivity index (χ1n) is 5.46. The SMILES string of the molecule is CC(C)(C)NCCc1ccc(O)c(CO)n1. The van der Waals surface area contributed by atoms with E-state index < -0.39 is 0 Å². The summed E-state index contributed by atoms with van der Waals surface area (Å²) in [6, 6.07) is 3.35. The van der Waals surface area contributed by atoms with Gasteiger partial charge in [-0.2, -0.15) is 0 Å². The summed E-state index contributed by atoms with van der Waals surface area (Å²) in [6.45, 7) is 6.92. The maximum absolute atomic E-state index is 9.35. The van der Waals surface area contributed by atoms with E-state index in [0.717, 1.165) is 18.7 Å². The molecule has 1 rings (SSSR count). The number of rotatable bonds is 4. The molecule has 0 aliphatic rings. The first kappa shape index (κ1) is 12.9. The number of hydrogen-bond donors (Lipinski definition) is 3. The van der Waals surface area contributed by atoms with Crippen molar-refractivity contribution in [1.82, 2.24) is 10.3 Å². The van der Waals surface area contributed by atoms with Gasteiger partial charge in [-0.25, -0.2) is 0 Å². The number of aliphatic hydroxyl groups is 1. The zero-order valence-electron chi connectivity index (χ0n) is 10.1. The smallest absolute Gasteiger partial charge is 0.139 e. The number of aromatic nitrogens is 1. The second-order valence-corrected chi connectivity index (χ2v) is 4.85. The Balaban J connectivity index is 2.55. The van der Waals surface area contributed by atoms with E-state index in [9.17, 15) is 5.11 Å². The zero-order valence-corrected chi connectivity index (χ0v) is 10.1. The number of nitrogens with zero attached hydrogens (tertiary/aromatic N) is 1. The molecule has 1 aromatic heterocycles.